The third-order valence-electron chi connectivity index (χ3n) is 11.3. The molecule has 0 amide bonds. The van der Waals surface area contributed by atoms with Gasteiger partial charge in [0.1, 0.15) is 11.2 Å². The van der Waals surface area contributed by atoms with Gasteiger partial charge in [0.2, 0.25) is 0 Å². The molecule has 0 aliphatic carbocycles. The summed E-state index contributed by atoms with van der Waals surface area (Å²) in [6, 6.07) is 61.7. The number of para-hydroxylation sites is 2. The second kappa shape index (κ2) is 12.8. The van der Waals surface area contributed by atoms with Crippen molar-refractivity contribution in [1.29, 1.82) is 0 Å². The molecule has 0 saturated heterocycles. The SMILES string of the molecule is c1ccc(-c2ccc3cc(-c4nc(-c5ccc6c(c5)oc5ccncc56)nc(-c5ccc(-n6c7ccccc7c7ccccc76)c6ccccc56)n4)ccc3c2)cc1. The second-order valence-electron chi connectivity index (χ2n) is 14.7. The van der Waals surface area contributed by atoms with Crippen molar-refractivity contribution in [3.8, 4) is 51.0 Å². The molecular formula is C52H31N5O. The summed E-state index contributed by atoms with van der Waals surface area (Å²) in [4.78, 5) is 20.0. The normalized spacial score (nSPS) is 11.8. The maximum atomic E-state index is 6.29. The number of pyridine rings is 1. The Balaban J connectivity index is 1.06. The lowest BCUT2D eigenvalue weighted by Crippen LogP contribution is -2.02. The third kappa shape index (κ3) is 5.12. The molecule has 0 aliphatic heterocycles. The van der Waals surface area contributed by atoms with Crippen LogP contribution in [0.25, 0.3) is 116 Å². The van der Waals surface area contributed by atoms with Crippen LogP contribution in [0, 0.1) is 0 Å². The summed E-state index contributed by atoms with van der Waals surface area (Å²) in [5.74, 6) is 1.76. The summed E-state index contributed by atoms with van der Waals surface area (Å²) >= 11 is 0. The fourth-order valence-corrected chi connectivity index (χ4v) is 8.56. The lowest BCUT2D eigenvalue weighted by Gasteiger charge is -2.15. The number of benzene rings is 8. The Labute approximate surface area is 332 Å². The molecule has 0 saturated carbocycles. The molecule has 0 bridgehead atoms. The molecular weight excluding hydrogens is 711 g/mol. The van der Waals surface area contributed by atoms with E-state index in [2.05, 4.69) is 167 Å². The topological polar surface area (TPSA) is 69.6 Å². The Morgan fingerprint density at radius 3 is 1.74 bits per heavy atom. The largest absolute Gasteiger partial charge is 0.456 e. The van der Waals surface area contributed by atoms with Gasteiger partial charge in [-0.15, -0.1) is 0 Å². The van der Waals surface area contributed by atoms with E-state index in [1.165, 1.54) is 21.9 Å². The van der Waals surface area contributed by atoms with E-state index >= 15 is 0 Å². The van der Waals surface area contributed by atoms with E-state index in [-0.39, 0.29) is 0 Å². The molecule has 12 rings (SSSR count). The molecule has 0 fully saturated rings. The number of hydrogen-bond donors (Lipinski definition) is 0. The highest BCUT2D eigenvalue weighted by molar-refractivity contribution is 6.11. The van der Waals surface area contributed by atoms with Crippen molar-refractivity contribution in [3.05, 3.63) is 188 Å². The first kappa shape index (κ1) is 32.3. The minimum Gasteiger partial charge on any atom is -0.456 e. The van der Waals surface area contributed by atoms with Crippen molar-refractivity contribution < 1.29 is 4.42 Å². The molecule has 4 aromatic heterocycles. The zero-order chi connectivity index (χ0) is 38.2. The van der Waals surface area contributed by atoms with Crippen LogP contribution in [0.1, 0.15) is 0 Å². The van der Waals surface area contributed by atoms with Crippen molar-refractivity contribution in [2.45, 2.75) is 0 Å². The highest BCUT2D eigenvalue weighted by Gasteiger charge is 2.19. The van der Waals surface area contributed by atoms with Crippen molar-refractivity contribution in [1.82, 2.24) is 24.5 Å². The number of hydrogen-bond acceptors (Lipinski definition) is 5. The third-order valence-corrected chi connectivity index (χ3v) is 11.3. The van der Waals surface area contributed by atoms with Gasteiger partial charge in [0, 0.05) is 56.0 Å². The first-order valence-electron chi connectivity index (χ1n) is 19.4. The van der Waals surface area contributed by atoms with Gasteiger partial charge in [0.25, 0.3) is 0 Å². The molecule has 270 valence electrons. The fraction of sp³-hybridized carbons (Fsp3) is 0. The van der Waals surface area contributed by atoms with Crippen LogP contribution in [0.5, 0.6) is 0 Å². The smallest absolute Gasteiger partial charge is 0.164 e. The second-order valence-corrected chi connectivity index (χ2v) is 14.7. The first-order valence-corrected chi connectivity index (χ1v) is 19.4. The zero-order valence-electron chi connectivity index (χ0n) is 31.0. The summed E-state index contributed by atoms with van der Waals surface area (Å²) in [5, 5.41) is 8.84. The van der Waals surface area contributed by atoms with Crippen molar-refractivity contribution >= 4 is 65.3 Å². The van der Waals surface area contributed by atoms with Gasteiger partial charge in [-0.05, 0) is 81.9 Å². The number of nitrogens with zero attached hydrogens (tertiary/aromatic N) is 5. The standard InChI is InChI=1S/C52H31N5O/c1-2-10-32(11-3-1)33-18-19-35-29-36(21-20-34(35)28-33)50-54-51(37-22-23-42-44-31-53-27-26-48(44)58-49(42)30-37)56-52(55-50)43-24-25-47(39-13-5-4-12-38(39)43)57-45-16-8-6-14-40(45)41-15-7-9-17-46(41)57/h1-31H. The molecule has 0 aliphatic rings. The molecule has 0 radical (unpaired) electrons. The average molecular weight is 742 g/mol. The average Bonchev–Trinajstić information content (AvgIpc) is 3.84. The van der Waals surface area contributed by atoms with Crippen molar-refractivity contribution in [2.24, 2.45) is 0 Å². The first-order chi connectivity index (χ1) is 28.7. The van der Waals surface area contributed by atoms with Crippen molar-refractivity contribution in [2.75, 3.05) is 0 Å². The van der Waals surface area contributed by atoms with Crippen LogP contribution in [-0.4, -0.2) is 24.5 Å². The van der Waals surface area contributed by atoms with Crippen LogP contribution >= 0.6 is 0 Å². The summed E-state index contributed by atoms with van der Waals surface area (Å²) in [6.45, 7) is 0. The number of aromatic nitrogens is 5. The Morgan fingerprint density at radius 1 is 0.379 bits per heavy atom. The molecule has 0 unspecified atom stereocenters. The van der Waals surface area contributed by atoms with Gasteiger partial charge in [-0.25, -0.2) is 15.0 Å². The quantitative estimate of drug-likeness (QED) is 0.176. The molecule has 0 atom stereocenters. The van der Waals surface area contributed by atoms with Gasteiger partial charge in [-0.2, -0.15) is 0 Å². The minimum atomic E-state index is 0.565. The van der Waals surface area contributed by atoms with Crippen LogP contribution in [0.2, 0.25) is 0 Å². The maximum absolute atomic E-state index is 6.29. The monoisotopic (exact) mass is 741 g/mol. The fourth-order valence-electron chi connectivity index (χ4n) is 8.56. The number of fused-ring (bicyclic) bond motifs is 8. The summed E-state index contributed by atoms with van der Waals surface area (Å²) in [5.41, 5.74) is 10.0. The Morgan fingerprint density at radius 2 is 0.983 bits per heavy atom. The molecule has 0 spiro atoms. The Hall–Kier alpha value is -7.96. The Bertz CT molecular complexity index is 3530. The van der Waals surface area contributed by atoms with Gasteiger partial charge < -0.3 is 8.98 Å². The van der Waals surface area contributed by atoms with Crippen LogP contribution in [0.4, 0.5) is 0 Å². The van der Waals surface area contributed by atoms with E-state index in [4.69, 9.17) is 19.4 Å². The van der Waals surface area contributed by atoms with Crippen LogP contribution in [-0.2, 0) is 0 Å². The number of furan rings is 1. The van der Waals surface area contributed by atoms with Crippen molar-refractivity contribution in [3.63, 3.8) is 0 Å². The lowest BCUT2D eigenvalue weighted by molar-refractivity contribution is 0.668. The van der Waals surface area contributed by atoms with Gasteiger partial charge >= 0.3 is 0 Å². The number of rotatable bonds is 5. The van der Waals surface area contributed by atoms with Gasteiger partial charge in [0.15, 0.2) is 17.5 Å². The summed E-state index contributed by atoms with van der Waals surface area (Å²) < 4.78 is 8.66. The van der Waals surface area contributed by atoms with E-state index in [1.54, 1.807) is 6.20 Å². The summed E-state index contributed by atoms with van der Waals surface area (Å²) in [7, 11) is 0. The molecule has 6 heteroatoms. The predicted octanol–water partition coefficient (Wildman–Crippen LogP) is 13.2. The van der Waals surface area contributed by atoms with Gasteiger partial charge in [-0.3, -0.25) is 4.98 Å². The molecule has 4 heterocycles. The molecule has 6 nitrogen and oxygen atoms in total. The maximum Gasteiger partial charge on any atom is 0.164 e. The van der Waals surface area contributed by atoms with Gasteiger partial charge in [-0.1, -0.05) is 121 Å². The molecule has 8 aromatic carbocycles. The van der Waals surface area contributed by atoms with E-state index in [1.807, 2.05) is 24.4 Å². The Kier molecular flexibility index (Phi) is 7.13. The minimum absolute atomic E-state index is 0.565. The van der Waals surface area contributed by atoms with E-state index in [0.717, 1.165) is 76.9 Å². The van der Waals surface area contributed by atoms with Crippen LogP contribution in [0.15, 0.2) is 193 Å². The molecule has 12 aromatic rings. The van der Waals surface area contributed by atoms with Gasteiger partial charge in [0.05, 0.1) is 16.7 Å². The highest BCUT2D eigenvalue weighted by Crippen LogP contribution is 2.39. The predicted molar refractivity (Wildman–Crippen MR) is 236 cm³/mol. The lowest BCUT2D eigenvalue weighted by atomic mass is 9.99. The zero-order valence-corrected chi connectivity index (χ0v) is 31.0. The van der Waals surface area contributed by atoms with Crippen LogP contribution < -0.4 is 0 Å². The van der Waals surface area contributed by atoms with E-state index < -0.39 is 0 Å². The molecule has 58 heavy (non-hydrogen) atoms. The van der Waals surface area contributed by atoms with Crippen LogP contribution in [0.3, 0.4) is 0 Å². The van der Waals surface area contributed by atoms with E-state index in [9.17, 15) is 0 Å². The molecule has 0 N–H and O–H groups in total. The van der Waals surface area contributed by atoms with E-state index in [0.29, 0.717) is 17.5 Å². The highest BCUT2D eigenvalue weighted by atomic mass is 16.3. The summed E-state index contributed by atoms with van der Waals surface area (Å²) in [6.07, 6.45) is 3.59.